The fourth-order valence-electron chi connectivity index (χ4n) is 1.42. The second-order valence-corrected chi connectivity index (χ2v) is 4.30. The Hall–Kier alpha value is -0.370. The number of Topliss-reactive ketones (excluding diaryl/α,β-unsaturated/α-hetero) is 1. The summed E-state index contributed by atoms with van der Waals surface area (Å²) in [7, 11) is 0. The largest absolute Gasteiger partial charge is 0.308 e. The molecule has 0 aliphatic heterocycles. The fourth-order valence-corrected chi connectivity index (χ4v) is 1.42. The van der Waals surface area contributed by atoms with Gasteiger partial charge in [-0.15, -0.1) is 0 Å². The van der Waals surface area contributed by atoms with Gasteiger partial charge < -0.3 is 5.32 Å². The van der Waals surface area contributed by atoms with Crippen molar-refractivity contribution in [2.45, 2.75) is 47.1 Å². The molecule has 0 aromatic heterocycles. The van der Waals surface area contributed by atoms with Crippen molar-refractivity contribution in [2.24, 2.45) is 11.8 Å². The van der Waals surface area contributed by atoms with Crippen LogP contribution in [0.2, 0.25) is 0 Å². The molecule has 0 aromatic rings. The maximum absolute atomic E-state index is 11.7. The van der Waals surface area contributed by atoms with Gasteiger partial charge in [-0.3, -0.25) is 4.79 Å². The zero-order valence-corrected chi connectivity index (χ0v) is 9.55. The van der Waals surface area contributed by atoms with E-state index in [1.54, 1.807) is 0 Å². The second kappa shape index (κ2) is 6.14. The van der Waals surface area contributed by atoms with Crippen LogP contribution in [0.1, 0.15) is 41.0 Å². The summed E-state index contributed by atoms with van der Waals surface area (Å²) in [5, 5.41) is 3.25. The molecule has 0 aliphatic rings. The van der Waals surface area contributed by atoms with E-state index >= 15 is 0 Å². The van der Waals surface area contributed by atoms with E-state index < -0.39 is 0 Å². The Morgan fingerprint density at radius 2 is 1.77 bits per heavy atom. The number of likely N-dealkylation sites (N-methyl/N-ethyl adjacent to an activating group) is 1. The smallest absolute Gasteiger partial charge is 0.152 e. The molecule has 0 heterocycles. The normalized spacial score (nSPS) is 13.8. The molecule has 2 heteroatoms. The van der Waals surface area contributed by atoms with Crippen LogP contribution in [0.15, 0.2) is 0 Å². The second-order valence-electron chi connectivity index (χ2n) is 4.30. The van der Waals surface area contributed by atoms with Gasteiger partial charge in [0.2, 0.25) is 0 Å². The van der Waals surface area contributed by atoms with Gasteiger partial charge in [-0.05, 0) is 18.9 Å². The van der Waals surface area contributed by atoms with Gasteiger partial charge in [-0.25, -0.2) is 0 Å². The number of ketones is 1. The number of carbonyl (C=O) groups excluding carboxylic acids is 1. The van der Waals surface area contributed by atoms with Gasteiger partial charge in [0.25, 0.3) is 0 Å². The summed E-state index contributed by atoms with van der Waals surface area (Å²) in [6.45, 7) is 11.1. The summed E-state index contributed by atoms with van der Waals surface area (Å²) < 4.78 is 0. The number of carbonyl (C=O) groups is 1. The first-order valence-electron chi connectivity index (χ1n) is 5.26. The molecule has 0 fully saturated rings. The van der Waals surface area contributed by atoms with Crippen LogP contribution in [-0.4, -0.2) is 18.4 Å². The predicted molar refractivity (Wildman–Crippen MR) is 56.8 cm³/mol. The molecule has 0 radical (unpaired) electrons. The molecule has 0 spiro atoms. The van der Waals surface area contributed by atoms with Crippen LogP contribution in [0, 0.1) is 11.8 Å². The Morgan fingerprint density at radius 3 is 2.08 bits per heavy atom. The van der Waals surface area contributed by atoms with E-state index in [-0.39, 0.29) is 12.0 Å². The minimum absolute atomic E-state index is 0.0602. The first-order chi connectivity index (χ1) is 5.99. The van der Waals surface area contributed by atoms with Gasteiger partial charge in [-0.2, -0.15) is 0 Å². The first-order valence-corrected chi connectivity index (χ1v) is 5.26. The summed E-state index contributed by atoms with van der Waals surface area (Å²) >= 11 is 0. The molecule has 0 amide bonds. The maximum atomic E-state index is 11.7. The third-order valence-electron chi connectivity index (χ3n) is 2.07. The van der Waals surface area contributed by atoms with Crippen LogP contribution in [-0.2, 0) is 4.79 Å². The molecule has 0 saturated carbocycles. The summed E-state index contributed by atoms with van der Waals surface area (Å²) in [5.41, 5.74) is 0. The van der Waals surface area contributed by atoms with E-state index in [9.17, 15) is 4.79 Å². The molecule has 0 aromatic carbocycles. The van der Waals surface area contributed by atoms with Crippen LogP contribution in [0.25, 0.3) is 0 Å². The first kappa shape index (κ1) is 12.6. The number of hydrogen-bond acceptors (Lipinski definition) is 2. The molecular weight excluding hydrogens is 162 g/mol. The SMILES string of the molecule is CCN[C@@H](CC(C)C)C(=O)C(C)C. The molecule has 13 heavy (non-hydrogen) atoms. The highest BCUT2D eigenvalue weighted by Gasteiger charge is 2.20. The average molecular weight is 185 g/mol. The molecule has 0 rings (SSSR count). The van der Waals surface area contributed by atoms with Crippen molar-refractivity contribution >= 4 is 5.78 Å². The van der Waals surface area contributed by atoms with Crippen LogP contribution in [0.4, 0.5) is 0 Å². The van der Waals surface area contributed by atoms with Gasteiger partial charge in [0.1, 0.15) is 0 Å². The van der Waals surface area contributed by atoms with Crippen molar-refractivity contribution in [2.75, 3.05) is 6.54 Å². The van der Waals surface area contributed by atoms with E-state index in [0.29, 0.717) is 11.7 Å². The zero-order valence-electron chi connectivity index (χ0n) is 9.55. The zero-order chi connectivity index (χ0) is 10.4. The van der Waals surface area contributed by atoms with Crippen molar-refractivity contribution in [3.8, 4) is 0 Å². The van der Waals surface area contributed by atoms with E-state index in [2.05, 4.69) is 19.2 Å². The van der Waals surface area contributed by atoms with Crippen LogP contribution < -0.4 is 5.32 Å². The summed E-state index contributed by atoms with van der Waals surface area (Å²) in [4.78, 5) is 11.7. The Labute approximate surface area is 82.1 Å². The lowest BCUT2D eigenvalue weighted by Crippen LogP contribution is -2.39. The monoisotopic (exact) mass is 185 g/mol. The molecular formula is C11H23NO. The van der Waals surface area contributed by atoms with Gasteiger partial charge in [-0.1, -0.05) is 34.6 Å². The minimum Gasteiger partial charge on any atom is -0.308 e. The van der Waals surface area contributed by atoms with E-state index in [0.717, 1.165) is 13.0 Å². The van der Waals surface area contributed by atoms with E-state index in [1.165, 1.54) is 0 Å². The highest BCUT2D eigenvalue weighted by atomic mass is 16.1. The lowest BCUT2D eigenvalue weighted by Gasteiger charge is -2.20. The van der Waals surface area contributed by atoms with Gasteiger partial charge >= 0.3 is 0 Å². The Morgan fingerprint density at radius 1 is 1.23 bits per heavy atom. The molecule has 0 unspecified atom stereocenters. The number of nitrogens with one attached hydrogen (secondary N) is 1. The molecule has 0 aliphatic carbocycles. The lowest BCUT2D eigenvalue weighted by molar-refractivity contribution is -0.124. The highest BCUT2D eigenvalue weighted by Crippen LogP contribution is 2.09. The molecule has 2 nitrogen and oxygen atoms in total. The summed E-state index contributed by atoms with van der Waals surface area (Å²) in [6.07, 6.45) is 0.949. The van der Waals surface area contributed by atoms with Crippen molar-refractivity contribution in [1.29, 1.82) is 0 Å². The van der Waals surface area contributed by atoms with Crippen molar-refractivity contribution in [1.82, 2.24) is 5.32 Å². The van der Waals surface area contributed by atoms with E-state index in [1.807, 2.05) is 20.8 Å². The van der Waals surface area contributed by atoms with Gasteiger partial charge in [0, 0.05) is 5.92 Å². The third kappa shape index (κ3) is 5.04. The van der Waals surface area contributed by atoms with Crippen LogP contribution >= 0.6 is 0 Å². The van der Waals surface area contributed by atoms with Gasteiger partial charge in [0.15, 0.2) is 5.78 Å². The van der Waals surface area contributed by atoms with Gasteiger partial charge in [0.05, 0.1) is 6.04 Å². The molecule has 0 bridgehead atoms. The standard InChI is InChI=1S/C11H23NO/c1-6-12-10(7-8(2)3)11(13)9(4)5/h8-10,12H,6-7H2,1-5H3/t10-/m0/s1. The maximum Gasteiger partial charge on any atom is 0.152 e. The minimum atomic E-state index is 0.0602. The van der Waals surface area contributed by atoms with E-state index in [4.69, 9.17) is 0 Å². The molecule has 78 valence electrons. The summed E-state index contributed by atoms with van der Waals surface area (Å²) in [6, 6.07) is 0.0602. The Balaban J connectivity index is 4.15. The lowest BCUT2D eigenvalue weighted by atomic mass is 9.94. The topological polar surface area (TPSA) is 29.1 Å². The average Bonchev–Trinajstić information content (AvgIpc) is 2.01. The van der Waals surface area contributed by atoms with Crippen molar-refractivity contribution in [3.05, 3.63) is 0 Å². The highest BCUT2D eigenvalue weighted by molar-refractivity contribution is 5.85. The number of rotatable bonds is 6. The Bertz CT molecular complexity index is 152. The molecule has 1 N–H and O–H groups in total. The quantitative estimate of drug-likeness (QED) is 0.687. The van der Waals surface area contributed by atoms with Crippen LogP contribution in [0.5, 0.6) is 0 Å². The van der Waals surface area contributed by atoms with Crippen molar-refractivity contribution < 1.29 is 4.79 Å². The molecule has 0 saturated heterocycles. The third-order valence-corrected chi connectivity index (χ3v) is 2.07. The molecule has 1 atom stereocenters. The summed E-state index contributed by atoms with van der Waals surface area (Å²) in [5.74, 6) is 1.06. The van der Waals surface area contributed by atoms with Crippen LogP contribution in [0.3, 0.4) is 0 Å². The fraction of sp³-hybridized carbons (Fsp3) is 0.909. The van der Waals surface area contributed by atoms with Crippen molar-refractivity contribution in [3.63, 3.8) is 0 Å². The Kier molecular flexibility index (Phi) is 5.97. The predicted octanol–water partition coefficient (Wildman–Crippen LogP) is 2.24. The number of hydrogen-bond donors (Lipinski definition) is 1.